The third-order valence-electron chi connectivity index (χ3n) is 3.40. The number of nitrogens with zero attached hydrogens (tertiary/aromatic N) is 1. The number of methoxy groups -OCH3 is 1. The Morgan fingerprint density at radius 3 is 2.55 bits per heavy atom. The molecule has 1 saturated carbocycles. The van der Waals surface area contributed by atoms with Crippen LogP contribution in [0.4, 0.5) is 0 Å². The minimum atomic E-state index is -3.53. The lowest BCUT2D eigenvalue weighted by atomic mass is 10.1. The van der Waals surface area contributed by atoms with Crippen molar-refractivity contribution < 1.29 is 27.9 Å². The SMILES string of the molecule is COCCCS(=O)(=O)NCC(=O)N(CC(C)C(=O)O)C1CC1. The van der Waals surface area contributed by atoms with Gasteiger partial charge in [-0.05, 0) is 19.3 Å². The molecule has 0 aromatic heterocycles. The summed E-state index contributed by atoms with van der Waals surface area (Å²) in [7, 11) is -2.04. The third kappa shape index (κ3) is 6.71. The highest BCUT2D eigenvalue weighted by atomic mass is 32.2. The van der Waals surface area contributed by atoms with E-state index in [1.807, 2.05) is 0 Å². The van der Waals surface area contributed by atoms with E-state index in [-0.39, 0.29) is 30.8 Å². The van der Waals surface area contributed by atoms with E-state index < -0.39 is 21.9 Å². The quantitative estimate of drug-likeness (QED) is 0.499. The summed E-state index contributed by atoms with van der Waals surface area (Å²) in [6, 6.07) is 0.0345. The molecular weight excluding hydrogens is 312 g/mol. The highest BCUT2D eigenvalue weighted by Gasteiger charge is 2.34. The predicted molar refractivity (Wildman–Crippen MR) is 79.8 cm³/mol. The van der Waals surface area contributed by atoms with Gasteiger partial charge in [-0.3, -0.25) is 9.59 Å². The number of amides is 1. The molecule has 0 aromatic carbocycles. The van der Waals surface area contributed by atoms with E-state index in [4.69, 9.17) is 9.84 Å². The summed E-state index contributed by atoms with van der Waals surface area (Å²) in [6.07, 6.45) is 2.01. The molecule has 1 aliphatic carbocycles. The second kappa shape index (κ2) is 8.44. The topological polar surface area (TPSA) is 113 Å². The van der Waals surface area contributed by atoms with E-state index in [1.54, 1.807) is 0 Å². The van der Waals surface area contributed by atoms with Gasteiger partial charge in [0, 0.05) is 26.3 Å². The lowest BCUT2D eigenvalue weighted by Crippen LogP contribution is -2.44. The summed E-state index contributed by atoms with van der Waals surface area (Å²) in [4.78, 5) is 24.5. The van der Waals surface area contributed by atoms with Crippen LogP contribution in [0.5, 0.6) is 0 Å². The van der Waals surface area contributed by atoms with Crippen molar-refractivity contribution in [3.63, 3.8) is 0 Å². The van der Waals surface area contributed by atoms with Gasteiger partial charge in [0.05, 0.1) is 18.2 Å². The maximum Gasteiger partial charge on any atom is 0.308 e. The molecular formula is C13H24N2O6S. The van der Waals surface area contributed by atoms with Crippen LogP contribution < -0.4 is 4.72 Å². The fourth-order valence-corrected chi connectivity index (χ4v) is 2.94. The number of hydrogen-bond donors (Lipinski definition) is 2. The molecule has 0 spiro atoms. The van der Waals surface area contributed by atoms with Gasteiger partial charge >= 0.3 is 5.97 Å². The van der Waals surface area contributed by atoms with Gasteiger partial charge in [-0.25, -0.2) is 13.1 Å². The minimum absolute atomic E-state index is 0.0345. The van der Waals surface area contributed by atoms with Crippen molar-refractivity contribution >= 4 is 21.9 Å². The van der Waals surface area contributed by atoms with Crippen LogP contribution in [-0.4, -0.2) is 68.9 Å². The average Bonchev–Trinajstić information content (AvgIpc) is 3.26. The summed E-state index contributed by atoms with van der Waals surface area (Å²) in [5.74, 6) is -2.14. The summed E-state index contributed by atoms with van der Waals surface area (Å²) < 4.78 is 30.5. The Labute approximate surface area is 130 Å². The molecule has 1 rings (SSSR count). The van der Waals surface area contributed by atoms with Crippen molar-refractivity contribution in [2.24, 2.45) is 5.92 Å². The zero-order valence-electron chi connectivity index (χ0n) is 12.9. The maximum absolute atomic E-state index is 12.1. The number of carbonyl (C=O) groups excluding carboxylic acids is 1. The number of ether oxygens (including phenoxy) is 1. The van der Waals surface area contributed by atoms with Gasteiger partial charge in [0.25, 0.3) is 0 Å². The van der Waals surface area contributed by atoms with Gasteiger partial charge in [-0.2, -0.15) is 0 Å². The van der Waals surface area contributed by atoms with Crippen molar-refractivity contribution in [1.29, 1.82) is 0 Å². The maximum atomic E-state index is 12.1. The fourth-order valence-electron chi connectivity index (χ4n) is 1.95. The molecule has 0 radical (unpaired) electrons. The van der Waals surface area contributed by atoms with Gasteiger partial charge in [-0.1, -0.05) is 6.92 Å². The molecule has 1 atom stereocenters. The lowest BCUT2D eigenvalue weighted by Gasteiger charge is -2.24. The van der Waals surface area contributed by atoms with Crippen LogP contribution in [-0.2, 0) is 24.3 Å². The van der Waals surface area contributed by atoms with Crippen molar-refractivity contribution in [3.8, 4) is 0 Å². The Morgan fingerprint density at radius 1 is 1.41 bits per heavy atom. The molecule has 8 nitrogen and oxygen atoms in total. The first-order valence-corrected chi connectivity index (χ1v) is 8.90. The zero-order chi connectivity index (χ0) is 16.8. The molecule has 0 bridgehead atoms. The van der Waals surface area contributed by atoms with E-state index in [9.17, 15) is 18.0 Å². The van der Waals surface area contributed by atoms with Gasteiger partial charge in [0.1, 0.15) is 0 Å². The first kappa shape index (κ1) is 18.9. The molecule has 0 heterocycles. The Kier molecular flexibility index (Phi) is 7.24. The van der Waals surface area contributed by atoms with Gasteiger partial charge in [0.15, 0.2) is 0 Å². The predicted octanol–water partition coefficient (Wildman–Crippen LogP) is -0.346. The standard InChI is InChI=1S/C13H24N2O6S/c1-10(13(17)18)9-15(11-4-5-11)12(16)8-14-22(19,20)7-3-6-21-2/h10-11,14H,3-9H2,1-2H3,(H,17,18). The van der Waals surface area contributed by atoms with Crippen molar-refractivity contribution in [2.45, 2.75) is 32.2 Å². The number of carbonyl (C=O) groups is 2. The first-order valence-electron chi connectivity index (χ1n) is 7.25. The number of sulfonamides is 1. The van der Waals surface area contributed by atoms with E-state index in [0.717, 1.165) is 12.8 Å². The van der Waals surface area contributed by atoms with E-state index >= 15 is 0 Å². The van der Waals surface area contributed by atoms with Crippen LogP contribution in [0.3, 0.4) is 0 Å². The molecule has 0 aromatic rings. The molecule has 1 amide bonds. The van der Waals surface area contributed by atoms with Crippen molar-refractivity contribution in [2.75, 3.05) is 32.6 Å². The van der Waals surface area contributed by atoms with Crippen LogP contribution in [0.15, 0.2) is 0 Å². The number of carboxylic acid groups (broad SMARTS) is 1. The third-order valence-corrected chi connectivity index (χ3v) is 4.82. The van der Waals surface area contributed by atoms with Crippen LogP contribution >= 0.6 is 0 Å². The van der Waals surface area contributed by atoms with Crippen LogP contribution in [0.25, 0.3) is 0 Å². The van der Waals surface area contributed by atoms with Gasteiger partial charge in [0.2, 0.25) is 15.9 Å². The minimum Gasteiger partial charge on any atom is -0.481 e. The number of hydrogen-bond acceptors (Lipinski definition) is 5. The molecule has 1 unspecified atom stereocenters. The number of aliphatic carboxylic acids is 1. The lowest BCUT2D eigenvalue weighted by molar-refractivity contribution is -0.143. The van der Waals surface area contributed by atoms with Crippen LogP contribution in [0.1, 0.15) is 26.2 Å². The average molecular weight is 336 g/mol. The molecule has 9 heteroatoms. The summed E-state index contributed by atoms with van der Waals surface area (Å²) in [6.45, 7) is 1.63. The van der Waals surface area contributed by atoms with E-state index in [0.29, 0.717) is 13.0 Å². The Hall–Kier alpha value is -1.19. The van der Waals surface area contributed by atoms with E-state index in [1.165, 1.54) is 18.9 Å². The summed E-state index contributed by atoms with van der Waals surface area (Å²) in [5, 5.41) is 8.93. The second-order valence-corrected chi connectivity index (χ2v) is 7.43. The molecule has 1 fully saturated rings. The fraction of sp³-hybridized carbons (Fsp3) is 0.846. The van der Waals surface area contributed by atoms with Crippen LogP contribution in [0, 0.1) is 5.92 Å². The highest BCUT2D eigenvalue weighted by Crippen LogP contribution is 2.27. The molecule has 2 N–H and O–H groups in total. The zero-order valence-corrected chi connectivity index (χ0v) is 13.8. The van der Waals surface area contributed by atoms with E-state index in [2.05, 4.69) is 4.72 Å². The van der Waals surface area contributed by atoms with Crippen molar-refractivity contribution in [1.82, 2.24) is 9.62 Å². The molecule has 1 aliphatic rings. The largest absolute Gasteiger partial charge is 0.481 e. The highest BCUT2D eigenvalue weighted by molar-refractivity contribution is 7.89. The molecule has 0 aliphatic heterocycles. The summed E-state index contributed by atoms with van der Waals surface area (Å²) >= 11 is 0. The van der Waals surface area contributed by atoms with Gasteiger partial charge < -0.3 is 14.7 Å². The normalized spacial score (nSPS) is 16.3. The monoisotopic (exact) mass is 336 g/mol. The Balaban J connectivity index is 2.48. The Bertz CT molecular complexity index is 489. The molecule has 0 saturated heterocycles. The summed E-state index contributed by atoms with van der Waals surface area (Å²) in [5.41, 5.74) is 0. The van der Waals surface area contributed by atoms with Crippen LogP contribution in [0.2, 0.25) is 0 Å². The second-order valence-electron chi connectivity index (χ2n) is 5.50. The smallest absolute Gasteiger partial charge is 0.308 e. The van der Waals surface area contributed by atoms with Gasteiger partial charge in [-0.15, -0.1) is 0 Å². The Morgan fingerprint density at radius 2 is 2.05 bits per heavy atom. The number of carboxylic acids is 1. The van der Waals surface area contributed by atoms with Crippen molar-refractivity contribution in [3.05, 3.63) is 0 Å². The number of nitrogens with one attached hydrogen (secondary N) is 1. The first-order chi connectivity index (χ1) is 10.3. The number of rotatable bonds is 11. The molecule has 22 heavy (non-hydrogen) atoms. The molecule has 128 valence electrons.